The van der Waals surface area contributed by atoms with Crippen LogP contribution in [-0.4, -0.2) is 57.6 Å². The van der Waals surface area contributed by atoms with Crippen LogP contribution in [0.15, 0.2) is 48.5 Å². The summed E-state index contributed by atoms with van der Waals surface area (Å²) in [6.07, 6.45) is 4.03. The molecule has 5 heteroatoms. The van der Waals surface area contributed by atoms with Crippen LogP contribution in [0.4, 0.5) is 0 Å². The number of piperazine rings is 1. The number of aromatic amines is 1. The molecule has 0 unspecified atom stereocenters. The number of carbonyl (C=O) groups is 1. The quantitative estimate of drug-likeness (QED) is 0.728. The van der Waals surface area contributed by atoms with Gasteiger partial charge in [-0.15, -0.1) is 0 Å². The van der Waals surface area contributed by atoms with Crippen LogP contribution in [-0.2, 0) is 0 Å². The topological polar surface area (TPSA) is 52.2 Å². The molecule has 0 radical (unpaired) electrons. The van der Waals surface area contributed by atoms with Gasteiger partial charge >= 0.3 is 0 Å². The third-order valence-electron chi connectivity index (χ3n) is 5.61. The Morgan fingerprint density at radius 3 is 2.34 bits per heavy atom. The molecule has 0 atom stereocenters. The van der Waals surface area contributed by atoms with E-state index in [-0.39, 0.29) is 11.4 Å². The number of benzene rings is 2. The number of rotatable bonds is 3. The van der Waals surface area contributed by atoms with Gasteiger partial charge in [-0.3, -0.25) is 14.8 Å². The Bertz CT molecular complexity index is 1020. The van der Waals surface area contributed by atoms with E-state index in [1.54, 1.807) is 0 Å². The molecular weight excluding hydrogens is 360 g/mol. The Labute approximate surface area is 172 Å². The molecule has 5 nitrogen and oxygen atoms in total. The highest BCUT2D eigenvalue weighted by atomic mass is 16.2. The first kappa shape index (κ1) is 19.4. The summed E-state index contributed by atoms with van der Waals surface area (Å²) in [7, 11) is 0. The lowest BCUT2D eigenvalue weighted by atomic mass is 10.0. The van der Waals surface area contributed by atoms with Crippen molar-refractivity contribution in [1.29, 1.82) is 0 Å². The fraction of sp³-hybridized carbons (Fsp3) is 0.333. The molecule has 0 saturated carbocycles. The highest BCUT2D eigenvalue weighted by Crippen LogP contribution is 2.19. The predicted molar refractivity (Wildman–Crippen MR) is 119 cm³/mol. The molecule has 1 aliphatic rings. The summed E-state index contributed by atoms with van der Waals surface area (Å²) in [4.78, 5) is 17.2. The summed E-state index contributed by atoms with van der Waals surface area (Å²) in [6, 6.07) is 15.9. The molecule has 1 saturated heterocycles. The van der Waals surface area contributed by atoms with Gasteiger partial charge in [0, 0.05) is 42.7 Å². The maximum Gasteiger partial charge on any atom is 0.253 e. The van der Waals surface area contributed by atoms with Crippen molar-refractivity contribution in [3.05, 3.63) is 65.4 Å². The summed E-state index contributed by atoms with van der Waals surface area (Å²) >= 11 is 0. The normalized spacial score (nSPS) is 16.0. The van der Waals surface area contributed by atoms with Crippen LogP contribution in [0, 0.1) is 0 Å². The number of amides is 1. The molecule has 150 valence electrons. The molecule has 1 fully saturated rings. The minimum Gasteiger partial charge on any atom is -0.336 e. The smallest absolute Gasteiger partial charge is 0.253 e. The lowest BCUT2D eigenvalue weighted by Crippen LogP contribution is -2.54. The van der Waals surface area contributed by atoms with Gasteiger partial charge in [0.05, 0.1) is 11.2 Å². The first-order valence-corrected chi connectivity index (χ1v) is 10.2. The van der Waals surface area contributed by atoms with Crippen molar-refractivity contribution < 1.29 is 4.79 Å². The fourth-order valence-corrected chi connectivity index (χ4v) is 3.79. The average molecular weight is 389 g/mol. The highest BCUT2D eigenvalue weighted by molar-refractivity contribution is 5.95. The molecule has 2 aromatic carbocycles. The number of carbonyl (C=O) groups excluding carboxylic acids is 1. The van der Waals surface area contributed by atoms with Crippen LogP contribution in [0.2, 0.25) is 0 Å². The Balaban J connectivity index is 1.41. The van der Waals surface area contributed by atoms with E-state index in [1.807, 2.05) is 59.5 Å². The van der Waals surface area contributed by atoms with Gasteiger partial charge in [-0.25, -0.2) is 0 Å². The molecule has 1 amide bonds. The molecule has 29 heavy (non-hydrogen) atoms. The number of hydrogen-bond acceptors (Lipinski definition) is 3. The van der Waals surface area contributed by atoms with E-state index in [1.165, 1.54) is 0 Å². The van der Waals surface area contributed by atoms with Gasteiger partial charge in [0.15, 0.2) is 0 Å². The summed E-state index contributed by atoms with van der Waals surface area (Å²) < 4.78 is 0. The van der Waals surface area contributed by atoms with Gasteiger partial charge < -0.3 is 4.90 Å². The number of para-hydroxylation sites is 1. The van der Waals surface area contributed by atoms with Crippen molar-refractivity contribution in [3.8, 4) is 0 Å². The lowest BCUT2D eigenvalue weighted by molar-refractivity contribution is 0.0451. The van der Waals surface area contributed by atoms with Crippen LogP contribution in [0.5, 0.6) is 0 Å². The van der Waals surface area contributed by atoms with Gasteiger partial charge in [-0.05, 0) is 50.6 Å². The number of nitrogens with zero attached hydrogens (tertiary/aromatic N) is 3. The van der Waals surface area contributed by atoms with Crippen molar-refractivity contribution >= 4 is 29.0 Å². The molecular formula is C24H28N4O. The van der Waals surface area contributed by atoms with E-state index in [0.717, 1.165) is 53.9 Å². The zero-order valence-electron chi connectivity index (χ0n) is 17.4. The third-order valence-corrected chi connectivity index (χ3v) is 5.61. The van der Waals surface area contributed by atoms with Crippen molar-refractivity contribution in [2.45, 2.75) is 26.3 Å². The minimum absolute atomic E-state index is 0.118. The van der Waals surface area contributed by atoms with E-state index in [4.69, 9.17) is 0 Å². The van der Waals surface area contributed by atoms with Crippen LogP contribution in [0.1, 0.15) is 42.4 Å². The molecule has 0 aliphatic carbocycles. The van der Waals surface area contributed by atoms with Gasteiger partial charge in [0.1, 0.15) is 0 Å². The SMILES string of the molecule is CC(C)(C)N1CCN(C(=O)c2ccc(/C=C/c3n[nH]c4ccccc34)cc2)CC1. The van der Waals surface area contributed by atoms with E-state index in [9.17, 15) is 4.79 Å². The maximum atomic E-state index is 12.8. The Morgan fingerprint density at radius 2 is 1.66 bits per heavy atom. The third kappa shape index (κ3) is 4.25. The van der Waals surface area contributed by atoms with E-state index < -0.39 is 0 Å². The molecule has 1 aliphatic heterocycles. The zero-order chi connectivity index (χ0) is 20.4. The second-order valence-corrected chi connectivity index (χ2v) is 8.56. The molecule has 1 aromatic heterocycles. The molecule has 4 rings (SSSR count). The van der Waals surface area contributed by atoms with Crippen molar-refractivity contribution in [2.24, 2.45) is 0 Å². The standard InChI is InChI=1S/C24H28N4O/c1-24(2,3)28-16-14-27(15-17-28)23(29)19-11-8-18(9-12-19)10-13-22-20-6-4-5-7-21(20)25-26-22/h4-13H,14-17H2,1-3H3,(H,25,26)/b13-10+. The second-order valence-electron chi connectivity index (χ2n) is 8.56. The van der Waals surface area contributed by atoms with Crippen molar-refractivity contribution in [3.63, 3.8) is 0 Å². The van der Waals surface area contributed by atoms with E-state index in [0.29, 0.717) is 0 Å². The van der Waals surface area contributed by atoms with Crippen LogP contribution in [0.3, 0.4) is 0 Å². The summed E-state index contributed by atoms with van der Waals surface area (Å²) in [5, 5.41) is 8.51. The molecule has 0 spiro atoms. The van der Waals surface area contributed by atoms with Gasteiger partial charge in [-0.1, -0.05) is 36.4 Å². The number of hydrogen-bond donors (Lipinski definition) is 1. The Hall–Kier alpha value is -2.92. The minimum atomic E-state index is 0.118. The largest absolute Gasteiger partial charge is 0.336 e. The van der Waals surface area contributed by atoms with Gasteiger partial charge in [0.25, 0.3) is 5.91 Å². The molecule has 1 N–H and O–H groups in total. The predicted octanol–water partition coefficient (Wildman–Crippen LogP) is 4.29. The van der Waals surface area contributed by atoms with Gasteiger partial charge in [-0.2, -0.15) is 5.10 Å². The lowest BCUT2D eigenvalue weighted by Gasteiger charge is -2.42. The van der Waals surface area contributed by atoms with E-state index in [2.05, 4.69) is 41.9 Å². The first-order chi connectivity index (χ1) is 13.9. The van der Waals surface area contributed by atoms with Crippen LogP contribution < -0.4 is 0 Å². The van der Waals surface area contributed by atoms with Crippen LogP contribution in [0.25, 0.3) is 23.1 Å². The Morgan fingerprint density at radius 1 is 0.966 bits per heavy atom. The number of nitrogens with one attached hydrogen (secondary N) is 1. The van der Waals surface area contributed by atoms with E-state index >= 15 is 0 Å². The number of H-pyrrole nitrogens is 1. The monoisotopic (exact) mass is 388 g/mol. The summed E-state index contributed by atoms with van der Waals surface area (Å²) in [6.45, 7) is 10.1. The van der Waals surface area contributed by atoms with Crippen molar-refractivity contribution in [2.75, 3.05) is 26.2 Å². The molecule has 0 bridgehead atoms. The number of aromatic nitrogens is 2. The molecule has 2 heterocycles. The van der Waals surface area contributed by atoms with Crippen molar-refractivity contribution in [1.82, 2.24) is 20.0 Å². The van der Waals surface area contributed by atoms with Gasteiger partial charge in [0.2, 0.25) is 0 Å². The zero-order valence-corrected chi connectivity index (χ0v) is 17.4. The first-order valence-electron chi connectivity index (χ1n) is 10.2. The highest BCUT2D eigenvalue weighted by Gasteiger charge is 2.28. The Kier molecular flexibility index (Phi) is 5.24. The summed E-state index contributed by atoms with van der Waals surface area (Å²) in [5.41, 5.74) is 3.89. The number of fused-ring (bicyclic) bond motifs is 1. The van der Waals surface area contributed by atoms with Crippen LogP contribution >= 0.6 is 0 Å². The average Bonchev–Trinajstić information content (AvgIpc) is 3.15. The maximum absolute atomic E-state index is 12.8. The second kappa shape index (κ2) is 7.84. The molecule has 3 aromatic rings. The summed E-state index contributed by atoms with van der Waals surface area (Å²) in [5.74, 6) is 0.118. The fourth-order valence-electron chi connectivity index (χ4n) is 3.79.